The molecule has 0 bridgehead atoms. The molecule has 0 unspecified atom stereocenters. The molecule has 0 N–H and O–H groups in total. The molecule has 5 heteroatoms. The first-order valence-electron chi connectivity index (χ1n) is 13.1. The van der Waals surface area contributed by atoms with Crippen LogP contribution in [0.3, 0.4) is 0 Å². The van der Waals surface area contributed by atoms with Gasteiger partial charge in [-0.25, -0.2) is 0 Å². The molecule has 200 valence electrons. The summed E-state index contributed by atoms with van der Waals surface area (Å²) >= 11 is 0. The number of nitrogens with zero attached hydrogens (tertiary/aromatic N) is 2. The van der Waals surface area contributed by atoms with Crippen molar-refractivity contribution in [1.82, 2.24) is 9.13 Å². The zero-order chi connectivity index (χ0) is 25.6. The maximum atomic E-state index is 2.33. The molecule has 6 aromatic carbocycles. The average Bonchev–Trinajstić information content (AvgIpc) is 3.69. The molecular formula is C36H28Cl2N2Ti. The van der Waals surface area contributed by atoms with Crippen LogP contribution >= 0.6 is 0 Å². The van der Waals surface area contributed by atoms with E-state index in [2.05, 4.69) is 156 Å². The summed E-state index contributed by atoms with van der Waals surface area (Å²) in [5.74, 6) is 0. The van der Waals surface area contributed by atoms with Gasteiger partial charge in [0.15, 0.2) is 0 Å². The van der Waals surface area contributed by atoms with Crippen LogP contribution in [0.25, 0.3) is 54.7 Å². The fourth-order valence-electron chi connectivity index (χ4n) is 5.80. The van der Waals surface area contributed by atoms with Crippen LogP contribution in [0.2, 0.25) is 0 Å². The van der Waals surface area contributed by atoms with E-state index in [1.807, 2.05) is 0 Å². The van der Waals surface area contributed by atoms with Crippen molar-refractivity contribution in [3.8, 4) is 11.4 Å². The van der Waals surface area contributed by atoms with Gasteiger partial charge in [0.25, 0.3) is 0 Å². The Morgan fingerprint density at radius 1 is 0.439 bits per heavy atom. The molecule has 0 radical (unpaired) electrons. The van der Waals surface area contributed by atoms with Crippen LogP contribution in [0.5, 0.6) is 0 Å². The van der Waals surface area contributed by atoms with Crippen molar-refractivity contribution < 1.29 is 46.5 Å². The van der Waals surface area contributed by atoms with Crippen molar-refractivity contribution >= 4 is 43.4 Å². The smallest absolute Gasteiger partial charge is 1.00 e. The van der Waals surface area contributed by atoms with E-state index in [9.17, 15) is 0 Å². The van der Waals surface area contributed by atoms with Crippen molar-refractivity contribution in [2.45, 2.75) is 13.8 Å². The SMILES string of the molecule is Cc1cc2ccccc2n1-c1cc2ccccc2[cH-]1.Cc1cc2ccccc2n1-c1cc2ccccc2[cH-]1.[Cl-].[Cl-].[Ti+4]. The van der Waals surface area contributed by atoms with E-state index in [4.69, 9.17) is 0 Å². The predicted octanol–water partition coefficient (Wildman–Crippen LogP) is 3.63. The van der Waals surface area contributed by atoms with Crippen LogP contribution < -0.4 is 24.8 Å². The van der Waals surface area contributed by atoms with Gasteiger partial charge >= 0.3 is 21.7 Å². The third-order valence-corrected chi connectivity index (χ3v) is 7.51. The number of benzene rings is 4. The van der Waals surface area contributed by atoms with E-state index < -0.39 is 0 Å². The summed E-state index contributed by atoms with van der Waals surface area (Å²) in [6.45, 7) is 4.33. The third kappa shape index (κ3) is 5.54. The first kappa shape index (κ1) is 30.4. The summed E-state index contributed by atoms with van der Waals surface area (Å²) in [7, 11) is 0. The van der Waals surface area contributed by atoms with Crippen molar-refractivity contribution in [2.24, 2.45) is 0 Å². The zero-order valence-corrected chi connectivity index (χ0v) is 25.9. The first-order chi connectivity index (χ1) is 18.7. The molecule has 0 fully saturated rings. The molecule has 41 heavy (non-hydrogen) atoms. The van der Waals surface area contributed by atoms with Crippen LogP contribution in [0.1, 0.15) is 11.4 Å². The van der Waals surface area contributed by atoms with E-state index in [0.29, 0.717) is 0 Å². The standard InChI is InChI=1S/2C18H14N.2ClH.Ti/c2*1-13-10-16-8-4-5-9-18(16)19(13)17-11-14-6-2-3-7-15(14)12-17;;;/h2*2-12H,1H3;2*1H;/q2*-1;;;+4/p-2. The summed E-state index contributed by atoms with van der Waals surface area (Å²) in [5, 5.41) is 7.80. The zero-order valence-electron chi connectivity index (χ0n) is 22.9. The second-order valence-corrected chi connectivity index (χ2v) is 10.0. The molecule has 0 aliphatic heterocycles. The van der Waals surface area contributed by atoms with Gasteiger partial charge < -0.3 is 33.9 Å². The maximum Gasteiger partial charge on any atom is 4.00 e. The van der Waals surface area contributed by atoms with Crippen molar-refractivity contribution in [2.75, 3.05) is 0 Å². The van der Waals surface area contributed by atoms with Crippen molar-refractivity contribution in [1.29, 1.82) is 0 Å². The summed E-state index contributed by atoms with van der Waals surface area (Å²) in [6.07, 6.45) is 0. The molecule has 0 atom stereocenters. The fourth-order valence-corrected chi connectivity index (χ4v) is 5.80. The molecular weight excluding hydrogens is 579 g/mol. The van der Waals surface area contributed by atoms with Gasteiger partial charge in [-0.3, -0.25) is 0 Å². The summed E-state index contributed by atoms with van der Waals surface area (Å²) in [4.78, 5) is 0. The molecule has 0 spiro atoms. The minimum Gasteiger partial charge on any atom is -1.00 e. The maximum absolute atomic E-state index is 2.33. The number of para-hydroxylation sites is 2. The van der Waals surface area contributed by atoms with Crippen molar-refractivity contribution in [3.63, 3.8) is 0 Å². The minimum atomic E-state index is 0. The predicted molar refractivity (Wildman–Crippen MR) is 162 cm³/mol. The minimum absolute atomic E-state index is 0. The van der Waals surface area contributed by atoms with Crippen molar-refractivity contribution in [3.05, 3.63) is 145 Å². The van der Waals surface area contributed by atoms with Crippen LogP contribution in [-0.4, -0.2) is 9.13 Å². The Balaban J connectivity index is 0.000000176. The van der Waals surface area contributed by atoms with Gasteiger partial charge in [0.1, 0.15) is 0 Å². The Hall–Kier alpha value is -3.53. The van der Waals surface area contributed by atoms with Crippen LogP contribution in [0, 0.1) is 13.8 Å². The molecule has 0 aliphatic rings. The average molecular weight is 607 g/mol. The molecule has 8 aromatic rings. The molecule has 2 aromatic heterocycles. The second-order valence-electron chi connectivity index (χ2n) is 10.0. The monoisotopic (exact) mass is 606 g/mol. The Labute approximate surface area is 267 Å². The Bertz CT molecular complexity index is 1860. The number of hydrogen-bond acceptors (Lipinski definition) is 0. The van der Waals surface area contributed by atoms with Crippen LogP contribution in [0.4, 0.5) is 0 Å². The fraction of sp³-hybridized carbons (Fsp3) is 0.0556. The number of fused-ring (bicyclic) bond motifs is 4. The number of halogens is 2. The Morgan fingerprint density at radius 3 is 1.17 bits per heavy atom. The van der Waals surface area contributed by atoms with E-state index in [1.165, 1.54) is 66.1 Å². The number of aromatic nitrogens is 2. The van der Waals surface area contributed by atoms with Gasteiger partial charge in [0.05, 0.1) is 11.0 Å². The first-order valence-corrected chi connectivity index (χ1v) is 13.1. The van der Waals surface area contributed by atoms with Gasteiger partial charge in [-0.15, -0.1) is 82.2 Å². The van der Waals surface area contributed by atoms with E-state index in [-0.39, 0.29) is 46.5 Å². The molecule has 0 saturated carbocycles. The third-order valence-electron chi connectivity index (χ3n) is 7.51. The van der Waals surface area contributed by atoms with Gasteiger partial charge in [-0.1, -0.05) is 48.5 Å². The normalized spacial score (nSPS) is 10.6. The number of aryl methyl sites for hydroxylation is 2. The van der Waals surface area contributed by atoms with Crippen LogP contribution in [0.15, 0.2) is 133 Å². The molecule has 2 nitrogen and oxygen atoms in total. The van der Waals surface area contributed by atoms with Crippen LogP contribution in [-0.2, 0) is 21.7 Å². The molecule has 0 saturated heterocycles. The summed E-state index contributed by atoms with van der Waals surface area (Å²) < 4.78 is 4.66. The van der Waals surface area contributed by atoms with Gasteiger partial charge in [0.2, 0.25) is 0 Å². The largest absolute Gasteiger partial charge is 4.00 e. The summed E-state index contributed by atoms with van der Waals surface area (Å²) in [5.41, 5.74) is 7.60. The molecule has 8 rings (SSSR count). The van der Waals surface area contributed by atoms with Gasteiger partial charge in [0, 0.05) is 22.2 Å². The Kier molecular flexibility index (Phi) is 9.32. The second kappa shape index (κ2) is 12.6. The quantitative estimate of drug-likeness (QED) is 0.210. The van der Waals surface area contributed by atoms with Gasteiger partial charge in [-0.2, -0.15) is 0 Å². The molecule has 0 amide bonds. The van der Waals surface area contributed by atoms with E-state index in [1.54, 1.807) is 0 Å². The van der Waals surface area contributed by atoms with E-state index >= 15 is 0 Å². The molecule has 0 aliphatic carbocycles. The number of rotatable bonds is 2. The molecule has 2 heterocycles. The number of hydrogen-bond donors (Lipinski definition) is 0. The summed E-state index contributed by atoms with van der Waals surface area (Å²) in [6, 6.07) is 47.6. The van der Waals surface area contributed by atoms with E-state index in [0.717, 1.165) is 0 Å². The topological polar surface area (TPSA) is 9.86 Å². The van der Waals surface area contributed by atoms with Gasteiger partial charge in [-0.05, 0) is 49.5 Å². The Morgan fingerprint density at radius 2 is 0.780 bits per heavy atom.